The molecule has 26 heavy (non-hydrogen) atoms. The van der Waals surface area contributed by atoms with E-state index >= 15 is 0 Å². The first-order chi connectivity index (χ1) is 12.4. The minimum Gasteiger partial charge on any atom is -0.347 e. The highest BCUT2D eigenvalue weighted by molar-refractivity contribution is 7.14. The van der Waals surface area contributed by atoms with Gasteiger partial charge in [0.1, 0.15) is 5.69 Å². The van der Waals surface area contributed by atoms with E-state index < -0.39 is 17.6 Å². The van der Waals surface area contributed by atoms with Crippen LogP contribution in [0.25, 0.3) is 0 Å². The Morgan fingerprint density at radius 3 is 2.65 bits per heavy atom. The maximum absolute atomic E-state index is 12.7. The fraction of sp³-hybridized carbons (Fsp3) is 0.118. The van der Waals surface area contributed by atoms with Crippen molar-refractivity contribution >= 4 is 28.1 Å². The molecule has 134 valence electrons. The Bertz CT molecular complexity index is 896. The van der Waals surface area contributed by atoms with Gasteiger partial charge in [0.05, 0.1) is 5.56 Å². The van der Waals surface area contributed by atoms with Gasteiger partial charge in [-0.3, -0.25) is 9.78 Å². The fourth-order valence-corrected chi connectivity index (χ4v) is 2.84. The summed E-state index contributed by atoms with van der Waals surface area (Å²) in [5, 5.41) is 7.71. The van der Waals surface area contributed by atoms with E-state index in [9.17, 15) is 18.0 Å². The highest BCUT2D eigenvalue weighted by Crippen LogP contribution is 2.29. The Labute approximate surface area is 150 Å². The molecule has 2 heterocycles. The van der Waals surface area contributed by atoms with Crippen LogP contribution in [0, 0.1) is 0 Å². The molecule has 0 atom stereocenters. The van der Waals surface area contributed by atoms with Crippen molar-refractivity contribution in [1.82, 2.24) is 15.3 Å². The average Bonchev–Trinajstić information content (AvgIpc) is 3.09. The molecule has 2 aromatic heterocycles. The molecule has 0 radical (unpaired) electrons. The molecule has 0 saturated heterocycles. The van der Waals surface area contributed by atoms with Gasteiger partial charge in [0.2, 0.25) is 0 Å². The molecule has 5 nitrogen and oxygen atoms in total. The van der Waals surface area contributed by atoms with E-state index in [1.165, 1.54) is 23.5 Å². The third-order valence-corrected chi connectivity index (χ3v) is 4.13. The normalized spacial score (nSPS) is 11.2. The second-order valence-corrected chi connectivity index (χ2v) is 6.14. The van der Waals surface area contributed by atoms with E-state index in [1.54, 1.807) is 29.9 Å². The van der Waals surface area contributed by atoms with Crippen LogP contribution in [0.3, 0.4) is 0 Å². The Morgan fingerprint density at radius 1 is 1.15 bits per heavy atom. The number of aromatic nitrogens is 2. The first-order valence-corrected chi connectivity index (χ1v) is 8.37. The van der Waals surface area contributed by atoms with E-state index in [0.29, 0.717) is 10.7 Å². The van der Waals surface area contributed by atoms with Crippen LogP contribution in [0.5, 0.6) is 0 Å². The molecule has 0 aliphatic carbocycles. The van der Waals surface area contributed by atoms with Gasteiger partial charge < -0.3 is 10.6 Å². The van der Waals surface area contributed by atoms with E-state index in [1.807, 2.05) is 0 Å². The van der Waals surface area contributed by atoms with Gasteiger partial charge in [-0.25, -0.2) is 4.98 Å². The fourth-order valence-electron chi connectivity index (χ4n) is 2.12. The molecule has 0 aliphatic heterocycles. The number of amides is 1. The van der Waals surface area contributed by atoms with Crippen LogP contribution in [0.4, 0.5) is 24.0 Å². The molecule has 0 spiro atoms. The monoisotopic (exact) mass is 378 g/mol. The number of halogens is 3. The maximum atomic E-state index is 12.7. The van der Waals surface area contributed by atoms with Crippen LogP contribution < -0.4 is 10.6 Å². The lowest BCUT2D eigenvalue weighted by Gasteiger charge is -2.09. The summed E-state index contributed by atoms with van der Waals surface area (Å²) in [5.41, 5.74) is 0.587. The molecular formula is C17H13F3N4OS. The van der Waals surface area contributed by atoms with Gasteiger partial charge >= 0.3 is 6.18 Å². The minimum atomic E-state index is -4.41. The molecule has 1 aromatic carbocycles. The van der Waals surface area contributed by atoms with Gasteiger partial charge in [0, 0.05) is 30.0 Å². The second kappa shape index (κ2) is 7.52. The van der Waals surface area contributed by atoms with Gasteiger partial charge in [0.25, 0.3) is 5.91 Å². The number of carbonyl (C=O) groups is 1. The predicted octanol–water partition coefficient (Wildman–Crippen LogP) is 4.23. The lowest BCUT2D eigenvalue weighted by atomic mass is 10.1. The second-order valence-electron chi connectivity index (χ2n) is 5.28. The smallest absolute Gasteiger partial charge is 0.347 e. The van der Waals surface area contributed by atoms with Gasteiger partial charge in [-0.05, 0) is 29.8 Å². The van der Waals surface area contributed by atoms with Crippen LogP contribution in [0.1, 0.15) is 21.6 Å². The summed E-state index contributed by atoms with van der Waals surface area (Å²) in [7, 11) is 0. The number of hydrogen-bond acceptors (Lipinski definition) is 5. The Kier molecular flexibility index (Phi) is 5.17. The molecule has 3 rings (SSSR count). The van der Waals surface area contributed by atoms with Gasteiger partial charge in [-0.2, -0.15) is 13.2 Å². The van der Waals surface area contributed by atoms with Crippen molar-refractivity contribution in [3.05, 3.63) is 71.0 Å². The van der Waals surface area contributed by atoms with Crippen molar-refractivity contribution in [1.29, 1.82) is 0 Å². The predicted molar refractivity (Wildman–Crippen MR) is 92.2 cm³/mol. The van der Waals surface area contributed by atoms with Gasteiger partial charge in [-0.1, -0.05) is 12.1 Å². The highest BCUT2D eigenvalue weighted by Gasteiger charge is 2.30. The summed E-state index contributed by atoms with van der Waals surface area (Å²) in [6.07, 6.45) is -1.17. The standard InChI is InChI=1S/C17H13F3N4OS/c18-17(19,20)12-3-1-2-11(8-12)9-22-15(25)14-10-26-16(24-14)23-13-4-6-21-7-5-13/h1-8,10H,9H2,(H,22,25)(H,21,23,24). The quantitative estimate of drug-likeness (QED) is 0.697. The third-order valence-electron chi connectivity index (χ3n) is 3.38. The van der Waals surface area contributed by atoms with Crippen LogP contribution >= 0.6 is 11.3 Å². The van der Waals surface area contributed by atoms with E-state index in [0.717, 1.165) is 17.8 Å². The third kappa shape index (κ3) is 4.57. The molecule has 2 N–H and O–H groups in total. The van der Waals surface area contributed by atoms with Crippen molar-refractivity contribution in [3.63, 3.8) is 0 Å². The van der Waals surface area contributed by atoms with E-state index in [4.69, 9.17) is 0 Å². The molecule has 0 unspecified atom stereocenters. The number of rotatable bonds is 5. The van der Waals surface area contributed by atoms with Gasteiger partial charge in [0.15, 0.2) is 5.13 Å². The molecule has 0 fully saturated rings. The molecular weight excluding hydrogens is 365 g/mol. The summed E-state index contributed by atoms with van der Waals surface area (Å²) >= 11 is 1.25. The Morgan fingerprint density at radius 2 is 1.92 bits per heavy atom. The summed E-state index contributed by atoms with van der Waals surface area (Å²) in [6.45, 7) is -0.0204. The highest BCUT2D eigenvalue weighted by atomic mass is 32.1. The number of alkyl halides is 3. The topological polar surface area (TPSA) is 66.9 Å². The van der Waals surface area contributed by atoms with Crippen molar-refractivity contribution in [2.24, 2.45) is 0 Å². The zero-order chi connectivity index (χ0) is 18.6. The van der Waals surface area contributed by atoms with Crippen molar-refractivity contribution < 1.29 is 18.0 Å². The number of nitrogens with one attached hydrogen (secondary N) is 2. The van der Waals surface area contributed by atoms with Crippen LogP contribution in [0.2, 0.25) is 0 Å². The first kappa shape index (κ1) is 17.9. The molecule has 0 saturated carbocycles. The van der Waals surface area contributed by atoms with Crippen molar-refractivity contribution in [2.75, 3.05) is 5.32 Å². The molecule has 9 heteroatoms. The number of benzene rings is 1. The SMILES string of the molecule is O=C(NCc1cccc(C(F)(F)F)c1)c1csc(Nc2ccncc2)n1. The minimum absolute atomic E-state index is 0.0204. The lowest BCUT2D eigenvalue weighted by molar-refractivity contribution is -0.137. The van der Waals surface area contributed by atoms with Crippen molar-refractivity contribution in [3.8, 4) is 0 Å². The van der Waals surface area contributed by atoms with Crippen LogP contribution in [-0.2, 0) is 12.7 Å². The Balaban J connectivity index is 1.61. The lowest BCUT2D eigenvalue weighted by Crippen LogP contribution is -2.23. The zero-order valence-electron chi connectivity index (χ0n) is 13.2. The number of thiazole rings is 1. The van der Waals surface area contributed by atoms with Crippen molar-refractivity contribution in [2.45, 2.75) is 12.7 Å². The molecule has 0 aliphatic rings. The summed E-state index contributed by atoms with van der Waals surface area (Å²) in [5.74, 6) is -0.457. The summed E-state index contributed by atoms with van der Waals surface area (Å²) in [6, 6.07) is 8.35. The number of anilines is 2. The summed E-state index contributed by atoms with van der Waals surface area (Å²) < 4.78 is 38.1. The number of carbonyl (C=O) groups excluding carboxylic acids is 1. The average molecular weight is 378 g/mol. The van der Waals surface area contributed by atoms with Crippen LogP contribution in [0.15, 0.2) is 54.2 Å². The first-order valence-electron chi connectivity index (χ1n) is 7.49. The van der Waals surface area contributed by atoms with Crippen LogP contribution in [-0.4, -0.2) is 15.9 Å². The summed E-state index contributed by atoms with van der Waals surface area (Å²) in [4.78, 5) is 20.2. The Hall–Kier alpha value is -2.94. The molecule has 3 aromatic rings. The number of nitrogens with zero attached hydrogens (tertiary/aromatic N) is 2. The molecule has 1 amide bonds. The number of hydrogen-bond donors (Lipinski definition) is 2. The number of pyridine rings is 1. The van der Waals surface area contributed by atoms with E-state index in [-0.39, 0.29) is 12.2 Å². The zero-order valence-corrected chi connectivity index (χ0v) is 14.1. The maximum Gasteiger partial charge on any atom is 0.416 e. The largest absolute Gasteiger partial charge is 0.416 e. The van der Waals surface area contributed by atoms with E-state index in [2.05, 4.69) is 20.6 Å². The molecule has 0 bridgehead atoms. The van der Waals surface area contributed by atoms with Gasteiger partial charge in [-0.15, -0.1) is 11.3 Å².